The van der Waals surface area contributed by atoms with Crippen molar-refractivity contribution in [2.24, 2.45) is 24.8 Å². The maximum atomic E-state index is 4.66. The highest BCUT2D eigenvalue weighted by atomic mass is 14.9. The van der Waals surface area contributed by atoms with Crippen LogP contribution in [0.4, 0.5) is 0 Å². The van der Waals surface area contributed by atoms with Crippen molar-refractivity contribution < 1.29 is 0 Å². The summed E-state index contributed by atoms with van der Waals surface area (Å²) in [7, 11) is 2.07. The molecule has 3 rings (SSSR count). The van der Waals surface area contributed by atoms with Crippen molar-refractivity contribution in [3.8, 4) is 0 Å². The highest BCUT2D eigenvalue weighted by Gasteiger charge is 2.49. The van der Waals surface area contributed by atoms with Crippen LogP contribution in [0.25, 0.3) is 10.9 Å². The molecular weight excluding hydrogens is 208 g/mol. The number of aromatic nitrogens is 2. The van der Waals surface area contributed by atoms with Gasteiger partial charge in [0.1, 0.15) is 0 Å². The second-order valence-corrected chi connectivity index (χ2v) is 5.80. The average Bonchev–Trinajstić information content (AvgIpc) is 2.84. The van der Waals surface area contributed by atoms with Gasteiger partial charge in [-0.3, -0.25) is 4.98 Å². The van der Waals surface area contributed by atoms with Crippen molar-refractivity contribution in [2.75, 3.05) is 0 Å². The lowest BCUT2D eigenvalue weighted by Gasteiger charge is -2.03. The molecule has 2 aromatic rings. The average molecular weight is 228 g/mol. The summed E-state index contributed by atoms with van der Waals surface area (Å²) < 4.78 is 2.13. The van der Waals surface area contributed by atoms with E-state index < -0.39 is 0 Å². The molecule has 2 heteroatoms. The van der Waals surface area contributed by atoms with Crippen LogP contribution in [-0.2, 0) is 7.05 Å². The Kier molecular flexibility index (Phi) is 2.29. The Hall–Kier alpha value is -1.31. The lowest BCUT2D eigenvalue weighted by molar-refractivity contribution is 0.523. The molecule has 0 N–H and O–H groups in total. The van der Waals surface area contributed by atoms with E-state index in [9.17, 15) is 0 Å². The number of fused-ring (bicyclic) bond motifs is 1. The number of rotatable bonds is 2. The first-order valence-corrected chi connectivity index (χ1v) is 6.50. The zero-order chi connectivity index (χ0) is 12.2. The van der Waals surface area contributed by atoms with Gasteiger partial charge in [-0.15, -0.1) is 0 Å². The fourth-order valence-electron chi connectivity index (χ4n) is 3.35. The summed E-state index contributed by atoms with van der Waals surface area (Å²) in [6, 6.07) is 4.46. The van der Waals surface area contributed by atoms with Gasteiger partial charge < -0.3 is 4.57 Å². The minimum atomic E-state index is 0.680. The van der Waals surface area contributed by atoms with E-state index in [1.54, 1.807) is 0 Å². The van der Waals surface area contributed by atoms with Gasteiger partial charge in [-0.2, -0.15) is 0 Å². The third-order valence-electron chi connectivity index (χ3n) is 4.35. The smallest absolute Gasteiger partial charge is 0.0664 e. The van der Waals surface area contributed by atoms with E-state index in [1.165, 1.54) is 16.6 Å². The third-order valence-corrected chi connectivity index (χ3v) is 4.35. The molecule has 2 heterocycles. The minimum Gasteiger partial charge on any atom is -0.349 e. The highest BCUT2D eigenvalue weighted by molar-refractivity contribution is 5.79. The molecule has 1 aliphatic carbocycles. The van der Waals surface area contributed by atoms with Crippen molar-refractivity contribution in [2.45, 2.75) is 26.7 Å². The molecule has 2 aromatic heterocycles. The molecule has 0 aliphatic heterocycles. The molecule has 1 saturated carbocycles. The fourth-order valence-corrected chi connectivity index (χ4v) is 3.35. The summed E-state index contributed by atoms with van der Waals surface area (Å²) in [5, 5.41) is 1.32. The summed E-state index contributed by atoms with van der Waals surface area (Å²) in [6.45, 7) is 7.00. The molecule has 3 unspecified atom stereocenters. The van der Waals surface area contributed by atoms with E-state index in [-0.39, 0.29) is 0 Å². The van der Waals surface area contributed by atoms with E-state index in [1.807, 2.05) is 6.20 Å². The summed E-state index contributed by atoms with van der Waals surface area (Å²) in [6.07, 6.45) is 4.12. The topological polar surface area (TPSA) is 17.8 Å². The van der Waals surface area contributed by atoms with Crippen LogP contribution in [0.3, 0.4) is 0 Å². The predicted octanol–water partition coefficient (Wildman–Crippen LogP) is 3.58. The second kappa shape index (κ2) is 3.59. The van der Waals surface area contributed by atoms with Crippen molar-refractivity contribution >= 4 is 10.9 Å². The van der Waals surface area contributed by atoms with Crippen LogP contribution in [0.5, 0.6) is 0 Å². The first-order valence-electron chi connectivity index (χ1n) is 6.50. The largest absolute Gasteiger partial charge is 0.349 e. The lowest BCUT2D eigenvalue weighted by atomic mass is 10.1. The Morgan fingerprint density at radius 2 is 2.12 bits per heavy atom. The van der Waals surface area contributed by atoms with Gasteiger partial charge >= 0.3 is 0 Å². The van der Waals surface area contributed by atoms with Gasteiger partial charge in [0.15, 0.2) is 0 Å². The second-order valence-electron chi connectivity index (χ2n) is 5.80. The lowest BCUT2D eigenvalue weighted by Crippen LogP contribution is -1.95. The molecule has 0 amide bonds. The Balaban J connectivity index is 1.97. The Bertz CT molecular complexity index is 553. The van der Waals surface area contributed by atoms with Crippen molar-refractivity contribution in [1.29, 1.82) is 0 Å². The van der Waals surface area contributed by atoms with Gasteiger partial charge in [0.25, 0.3) is 0 Å². The first-order chi connectivity index (χ1) is 8.09. The summed E-state index contributed by atoms with van der Waals surface area (Å²) in [5.74, 6) is 3.07. The summed E-state index contributed by atoms with van der Waals surface area (Å²) >= 11 is 0. The molecule has 0 spiro atoms. The summed E-state index contributed by atoms with van der Waals surface area (Å²) in [5.41, 5.74) is 2.51. The molecule has 90 valence electrons. The van der Waals surface area contributed by atoms with Crippen LogP contribution in [0, 0.1) is 17.8 Å². The maximum Gasteiger partial charge on any atom is 0.0664 e. The molecular formula is C15H20N2. The number of pyridine rings is 1. The normalized spacial score (nSPS) is 27.9. The molecule has 17 heavy (non-hydrogen) atoms. The first kappa shape index (κ1) is 10.8. The quantitative estimate of drug-likeness (QED) is 0.768. The van der Waals surface area contributed by atoms with Crippen LogP contribution >= 0.6 is 0 Å². The molecule has 0 radical (unpaired) electrons. The maximum absolute atomic E-state index is 4.66. The zero-order valence-electron chi connectivity index (χ0n) is 11.0. The molecule has 1 aliphatic rings. The van der Waals surface area contributed by atoms with Crippen molar-refractivity contribution in [3.05, 3.63) is 30.2 Å². The highest BCUT2D eigenvalue weighted by Crippen LogP contribution is 2.56. The van der Waals surface area contributed by atoms with Crippen LogP contribution in [0.2, 0.25) is 0 Å². The van der Waals surface area contributed by atoms with E-state index in [0.717, 1.165) is 17.8 Å². The molecule has 1 fully saturated rings. The molecule has 3 atom stereocenters. The van der Waals surface area contributed by atoms with Crippen molar-refractivity contribution in [1.82, 2.24) is 9.55 Å². The van der Waals surface area contributed by atoms with Crippen molar-refractivity contribution in [3.63, 3.8) is 0 Å². The van der Waals surface area contributed by atoms with Gasteiger partial charge in [0.05, 0.1) is 11.7 Å². The number of aryl methyl sites for hydroxylation is 1. The number of hydrogen-bond donors (Lipinski definition) is 0. The summed E-state index contributed by atoms with van der Waals surface area (Å²) in [4.78, 5) is 4.66. The van der Waals surface area contributed by atoms with Gasteiger partial charge in [0.2, 0.25) is 0 Å². The van der Waals surface area contributed by atoms with E-state index in [4.69, 9.17) is 0 Å². The molecule has 0 aromatic carbocycles. The van der Waals surface area contributed by atoms with E-state index in [2.05, 4.69) is 55.7 Å². The van der Waals surface area contributed by atoms with Crippen LogP contribution < -0.4 is 0 Å². The Morgan fingerprint density at radius 3 is 2.76 bits per heavy atom. The Morgan fingerprint density at radius 1 is 1.35 bits per heavy atom. The minimum absolute atomic E-state index is 0.680. The fraction of sp³-hybridized carbons (Fsp3) is 0.533. The molecule has 0 saturated heterocycles. The van der Waals surface area contributed by atoms with Gasteiger partial charge in [-0.25, -0.2) is 0 Å². The van der Waals surface area contributed by atoms with Crippen LogP contribution in [0.1, 0.15) is 32.4 Å². The van der Waals surface area contributed by atoms with E-state index in [0.29, 0.717) is 5.92 Å². The van der Waals surface area contributed by atoms with Gasteiger partial charge in [-0.05, 0) is 29.9 Å². The third kappa shape index (κ3) is 1.58. The number of hydrogen-bond acceptors (Lipinski definition) is 1. The zero-order valence-corrected chi connectivity index (χ0v) is 11.0. The number of nitrogens with zero attached hydrogens (tertiary/aromatic N) is 2. The van der Waals surface area contributed by atoms with Crippen LogP contribution in [0.15, 0.2) is 24.5 Å². The molecule has 0 bridgehead atoms. The standard InChI is InChI=1S/C15H20N2/c1-9(2)14-10(3)15(14)12-7-11-5-6-17(4)13(11)8-16-12/h5-10,14-15H,1-4H3. The predicted molar refractivity (Wildman–Crippen MR) is 70.9 cm³/mol. The van der Waals surface area contributed by atoms with Gasteiger partial charge in [-0.1, -0.05) is 20.8 Å². The molecule has 2 nitrogen and oxygen atoms in total. The SMILES string of the molecule is CC(C)C1C(C)C1c1cc2ccn(C)c2cn1. The Labute approximate surface area is 103 Å². The monoisotopic (exact) mass is 228 g/mol. The van der Waals surface area contributed by atoms with Crippen LogP contribution in [-0.4, -0.2) is 9.55 Å². The van der Waals surface area contributed by atoms with Gasteiger partial charge in [0, 0.05) is 30.2 Å². The van der Waals surface area contributed by atoms with E-state index >= 15 is 0 Å².